The van der Waals surface area contributed by atoms with E-state index in [0.29, 0.717) is 33.8 Å². The van der Waals surface area contributed by atoms with Gasteiger partial charge in [0.15, 0.2) is 22.5 Å². The summed E-state index contributed by atoms with van der Waals surface area (Å²) in [6, 6.07) is 9.24. The summed E-state index contributed by atoms with van der Waals surface area (Å²) in [6.45, 7) is 0. The van der Waals surface area contributed by atoms with Crippen molar-refractivity contribution in [1.29, 1.82) is 0 Å². The molecule has 4 rings (SSSR count). The van der Waals surface area contributed by atoms with Crippen LogP contribution in [0.2, 0.25) is 5.02 Å². The Bertz CT molecular complexity index is 1290. The van der Waals surface area contributed by atoms with Crippen molar-refractivity contribution < 1.29 is 14.2 Å². The molecule has 0 saturated carbocycles. The van der Waals surface area contributed by atoms with E-state index in [1.807, 2.05) is 41.3 Å². The smallest absolute Gasteiger partial charge is 0.191 e. The van der Waals surface area contributed by atoms with Crippen molar-refractivity contribution in [2.24, 2.45) is 7.05 Å². The molecule has 2 aromatic heterocycles. The number of rotatable bonds is 8. The predicted octanol–water partition coefficient (Wildman–Crippen LogP) is 6.34. The second-order valence-corrected chi connectivity index (χ2v) is 9.92. The van der Waals surface area contributed by atoms with E-state index in [2.05, 4.69) is 26.1 Å². The number of thiazole rings is 1. The summed E-state index contributed by atoms with van der Waals surface area (Å²) >= 11 is 12.9. The van der Waals surface area contributed by atoms with Gasteiger partial charge in [0.25, 0.3) is 0 Å². The molecule has 7 nitrogen and oxygen atoms in total. The van der Waals surface area contributed by atoms with Crippen molar-refractivity contribution in [3.8, 4) is 39.2 Å². The monoisotopic (exact) mass is 566 g/mol. The Labute approximate surface area is 213 Å². The molecule has 0 aliphatic heterocycles. The van der Waals surface area contributed by atoms with Crippen LogP contribution in [0.3, 0.4) is 0 Å². The fraction of sp³-hybridized carbons (Fsp3) is 0.227. The number of benzene rings is 2. The quantitative estimate of drug-likeness (QED) is 0.230. The zero-order valence-electron chi connectivity index (χ0n) is 18.3. The number of hydrogen-bond donors (Lipinski definition) is 0. The molecule has 2 heterocycles. The zero-order chi connectivity index (χ0) is 23.5. The van der Waals surface area contributed by atoms with Crippen LogP contribution in [0.25, 0.3) is 22.0 Å². The van der Waals surface area contributed by atoms with Crippen molar-refractivity contribution in [2.45, 2.75) is 10.9 Å². The van der Waals surface area contributed by atoms with Gasteiger partial charge < -0.3 is 18.8 Å². The van der Waals surface area contributed by atoms with Gasteiger partial charge in [0.2, 0.25) is 0 Å². The molecule has 0 aliphatic carbocycles. The molecule has 4 aromatic rings. The molecule has 0 saturated heterocycles. The lowest BCUT2D eigenvalue weighted by Crippen LogP contribution is -1.97. The summed E-state index contributed by atoms with van der Waals surface area (Å²) in [5, 5.41) is 13.0. The number of nitrogens with zero attached hydrogens (tertiary/aromatic N) is 4. The Kier molecular flexibility index (Phi) is 7.48. The van der Waals surface area contributed by atoms with Gasteiger partial charge in [-0.05, 0) is 46.3 Å². The van der Waals surface area contributed by atoms with Crippen LogP contribution in [0.1, 0.15) is 5.69 Å². The fourth-order valence-electron chi connectivity index (χ4n) is 3.18. The molecule has 0 radical (unpaired) electrons. The van der Waals surface area contributed by atoms with Gasteiger partial charge in [-0.3, -0.25) is 0 Å². The first-order valence-corrected chi connectivity index (χ1v) is 12.7. The van der Waals surface area contributed by atoms with Gasteiger partial charge in [-0.1, -0.05) is 23.4 Å². The Hall–Kier alpha value is -2.27. The van der Waals surface area contributed by atoms with Crippen molar-refractivity contribution in [1.82, 2.24) is 19.7 Å². The van der Waals surface area contributed by atoms with Crippen LogP contribution >= 0.6 is 50.6 Å². The highest BCUT2D eigenvalue weighted by atomic mass is 79.9. The predicted molar refractivity (Wildman–Crippen MR) is 136 cm³/mol. The maximum Gasteiger partial charge on any atom is 0.191 e. The second kappa shape index (κ2) is 10.3. The van der Waals surface area contributed by atoms with Gasteiger partial charge >= 0.3 is 0 Å². The van der Waals surface area contributed by atoms with Gasteiger partial charge in [-0.15, -0.1) is 21.5 Å². The second-order valence-electron chi connectivity index (χ2n) is 6.83. The first kappa shape index (κ1) is 23.9. The molecule has 0 unspecified atom stereocenters. The lowest BCUT2D eigenvalue weighted by atomic mass is 10.2. The number of hydrogen-bond acceptors (Lipinski definition) is 8. The maximum atomic E-state index is 6.18. The first-order valence-electron chi connectivity index (χ1n) is 9.67. The SMILES string of the molecule is COc1cc(Br)c(-c2nc(CSc3nnc(-c4cc(Cl)ccc4OC)n3C)cs2)cc1OC. The summed E-state index contributed by atoms with van der Waals surface area (Å²) < 4.78 is 19.1. The topological polar surface area (TPSA) is 71.3 Å². The third-order valence-electron chi connectivity index (χ3n) is 4.84. The molecule has 0 N–H and O–H groups in total. The molecular formula is C22H20BrClN4O3S2. The lowest BCUT2D eigenvalue weighted by molar-refractivity contribution is 0.355. The highest BCUT2D eigenvalue weighted by molar-refractivity contribution is 9.10. The van der Waals surface area contributed by atoms with E-state index in [4.69, 9.17) is 30.8 Å². The minimum absolute atomic E-state index is 0.610. The van der Waals surface area contributed by atoms with Crippen molar-refractivity contribution >= 4 is 50.6 Å². The first-order chi connectivity index (χ1) is 15.9. The molecule has 2 aromatic carbocycles. The standard InChI is InChI=1S/C22H20BrClN4O3S2/c1-28-20(15-7-12(24)5-6-17(15)29-2)26-27-22(28)33-11-13-10-32-21(25-13)14-8-18(30-3)19(31-4)9-16(14)23/h5-10H,11H2,1-4H3. The number of halogens is 2. The average Bonchev–Trinajstić information content (AvgIpc) is 3.43. The molecule has 33 heavy (non-hydrogen) atoms. The molecule has 0 spiro atoms. The van der Waals surface area contributed by atoms with Crippen molar-refractivity contribution in [3.63, 3.8) is 0 Å². The Morgan fingerprint density at radius 3 is 2.45 bits per heavy atom. The molecular weight excluding hydrogens is 548 g/mol. The van der Waals surface area contributed by atoms with E-state index in [-0.39, 0.29) is 0 Å². The summed E-state index contributed by atoms with van der Waals surface area (Å²) in [4.78, 5) is 4.80. The Morgan fingerprint density at radius 1 is 1.00 bits per heavy atom. The third-order valence-corrected chi connectivity index (χ3v) is 7.71. The lowest BCUT2D eigenvalue weighted by Gasteiger charge is -2.10. The van der Waals surface area contributed by atoms with Crippen LogP contribution in [0, 0.1) is 0 Å². The normalized spacial score (nSPS) is 11.0. The summed E-state index contributed by atoms with van der Waals surface area (Å²) in [5.41, 5.74) is 2.69. The highest BCUT2D eigenvalue weighted by Gasteiger charge is 2.17. The van der Waals surface area contributed by atoms with E-state index in [9.17, 15) is 0 Å². The third kappa shape index (κ3) is 4.98. The van der Waals surface area contributed by atoms with E-state index < -0.39 is 0 Å². The van der Waals surface area contributed by atoms with Crippen LogP contribution in [0.4, 0.5) is 0 Å². The summed E-state index contributed by atoms with van der Waals surface area (Å²) in [7, 11) is 6.78. The zero-order valence-corrected chi connectivity index (χ0v) is 22.2. The number of methoxy groups -OCH3 is 3. The number of aromatic nitrogens is 4. The molecule has 0 bridgehead atoms. The molecule has 0 fully saturated rings. The summed E-state index contributed by atoms with van der Waals surface area (Å²) in [5.74, 6) is 3.35. The van der Waals surface area contributed by atoms with Crippen LogP contribution in [0.5, 0.6) is 17.2 Å². The van der Waals surface area contributed by atoms with Gasteiger partial charge in [-0.2, -0.15) is 0 Å². The molecule has 0 atom stereocenters. The molecule has 11 heteroatoms. The highest BCUT2D eigenvalue weighted by Crippen LogP contribution is 2.40. The van der Waals surface area contributed by atoms with Crippen LogP contribution < -0.4 is 14.2 Å². The molecule has 0 aliphatic rings. The van der Waals surface area contributed by atoms with Gasteiger partial charge in [0, 0.05) is 33.2 Å². The Morgan fingerprint density at radius 2 is 1.73 bits per heavy atom. The summed E-state index contributed by atoms with van der Waals surface area (Å²) in [6.07, 6.45) is 0. The van der Waals surface area contributed by atoms with Crippen LogP contribution in [-0.2, 0) is 12.8 Å². The van der Waals surface area contributed by atoms with Crippen LogP contribution in [-0.4, -0.2) is 41.1 Å². The van der Waals surface area contributed by atoms with Gasteiger partial charge in [0.1, 0.15) is 10.8 Å². The van der Waals surface area contributed by atoms with E-state index in [1.165, 1.54) is 0 Å². The van der Waals surface area contributed by atoms with Crippen LogP contribution in [0.15, 0.2) is 45.3 Å². The van der Waals surface area contributed by atoms with Gasteiger partial charge in [-0.25, -0.2) is 4.98 Å². The molecule has 0 amide bonds. The Balaban J connectivity index is 1.53. The number of thioether (sulfide) groups is 1. The van der Waals surface area contributed by atoms with E-state index in [1.54, 1.807) is 50.5 Å². The number of ether oxygens (including phenoxy) is 3. The van der Waals surface area contributed by atoms with E-state index in [0.717, 1.165) is 31.5 Å². The fourth-order valence-corrected chi connectivity index (χ4v) is 5.76. The van der Waals surface area contributed by atoms with Crippen molar-refractivity contribution in [3.05, 3.63) is 50.9 Å². The van der Waals surface area contributed by atoms with Gasteiger partial charge in [0.05, 0.1) is 32.6 Å². The van der Waals surface area contributed by atoms with E-state index >= 15 is 0 Å². The van der Waals surface area contributed by atoms with Crippen molar-refractivity contribution in [2.75, 3.05) is 21.3 Å². The minimum Gasteiger partial charge on any atom is -0.496 e. The largest absolute Gasteiger partial charge is 0.496 e. The molecule has 172 valence electrons. The minimum atomic E-state index is 0.610. The maximum absolute atomic E-state index is 6.18. The average molecular weight is 568 g/mol.